The first kappa shape index (κ1) is 20.6. The van der Waals surface area contributed by atoms with Crippen molar-refractivity contribution in [1.29, 1.82) is 0 Å². The maximum atomic E-state index is 12.9. The van der Waals surface area contributed by atoms with E-state index in [1.54, 1.807) is 43.5 Å². The third-order valence-electron chi connectivity index (χ3n) is 4.51. The van der Waals surface area contributed by atoms with Crippen LogP contribution >= 0.6 is 0 Å². The number of hydrogen-bond donors (Lipinski definition) is 2. The molecule has 11 nitrogen and oxygen atoms in total. The minimum absolute atomic E-state index is 0.102. The van der Waals surface area contributed by atoms with Gasteiger partial charge < -0.3 is 9.67 Å². The number of carbonyl (C=O) groups is 2. The number of nitrogens with one attached hydrogen (secondary N) is 1. The van der Waals surface area contributed by atoms with Gasteiger partial charge in [0.05, 0.1) is 18.0 Å². The molecule has 1 fully saturated rings. The van der Waals surface area contributed by atoms with Crippen molar-refractivity contribution in [3.8, 4) is 0 Å². The number of rotatable bonds is 5. The normalized spacial score (nSPS) is 19.0. The molecule has 1 aliphatic rings. The number of nitrogens with zero attached hydrogens (tertiary/aromatic N) is 5. The summed E-state index contributed by atoms with van der Waals surface area (Å²) in [5.41, 5.74) is 2.04. The zero-order valence-electron chi connectivity index (χ0n) is 16.0. The summed E-state index contributed by atoms with van der Waals surface area (Å²) in [4.78, 5) is 29.3. The van der Waals surface area contributed by atoms with Crippen molar-refractivity contribution in [2.24, 2.45) is 10.2 Å². The second-order valence-corrected chi connectivity index (χ2v) is 7.96. The van der Waals surface area contributed by atoms with Crippen molar-refractivity contribution in [2.45, 2.75) is 33.4 Å². The molecule has 2 N–H and O–H groups in total. The first-order valence-corrected chi connectivity index (χ1v) is 10.1. The number of aryl methyl sites for hydroxylation is 2. The summed E-state index contributed by atoms with van der Waals surface area (Å²) < 4.78 is 28.8. The van der Waals surface area contributed by atoms with Gasteiger partial charge in [0.2, 0.25) is 12.0 Å². The largest absolute Gasteiger partial charge is 0.395 e. The van der Waals surface area contributed by atoms with E-state index in [4.69, 9.17) is 0 Å². The molecule has 12 heteroatoms. The number of carbonyl (C=O) groups excluding carboxylic acids is 2. The molecular weight excluding hydrogens is 400 g/mol. The number of amides is 2. The second kappa shape index (κ2) is 7.72. The summed E-state index contributed by atoms with van der Waals surface area (Å²) in [6, 6.07) is 4.67. The molecule has 1 aliphatic heterocycles. The molecular formula is C17H20N6O5S. The van der Waals surface area contributed by atoms with E-state index in [2.05, 4.69) is 15.2 Å². The zero-order valence-corrected chi connectivity index (χ0v) is 16.8. The zero-order chi connectivity index (χ0) is 21.3. The molecule has 3 rings (SSSR count). The van der Waals surface area contributed by atoms with Gasteiger partial charge in [-0.2, -0.15) is 17.8 Å². The number of aliphatic hydroxyl groups is 1. The Bertz CT molecular complexity index is 1110. The lowest BCUT2D eigenvalue weighted by Gasteiger charge is -2.29. The number of azo groups is 1. The van der Waals surface area contributed by atoms with E-state index in [1.165, 1.54) is 6.07 Å². The topological polar surface area (TPSA) is 146 Å². The van der Waals surface area contributed by atoms with E-state index in [0.717, 1.165) is 5.69 Å². The third-order valence-corrected chi connectivity index (χ3v) is 5.83. The van der Waals surface area contributed by atoms with Crippen molar-refractivity contribution in [3.05, 3.63) is 41.2 Å². The molecule has 1 aromatic heterocycles. The molecule has 2 heterocycles. The molecule has 2 aromatic rings. The van der Waals surface area contributed by atoms with Gasteiger partial charge in [0.1, 0.15) is 0 Å². The Morgan fingerprint density at radius 1 is 1.21 bits per heavy atom. The molecule has 1 aromatic carbocycles. The smallest absolute Gasteiger partial charge is 0.332 e. The van der Waals surface area contributed by atoms with Crippen LogP contribution < -0.4 is 9.03 Å². The number of para-hydroxylation sites is 1. The molecule has 0 bridgehead atoms. The van der Waals surface area contributed by atoms with Crippen LogP contribution in [0.25, 0.3) is 0 Å². The Morgan fingerprint density at radius 2 is 1.90 bits per heavy atom. The summed E-state index contributed by atoms with van der Waals surface area (Å²) in [6.07, 6.45) is 0. The van der Waals surface area contributed by atoms with Crippen molar-refractivity contribution >= 4 is 33.7 Å². The Morgan fingerprint density at radius 3 is 2.55 bits per heavy atom. The fourth-order valence-electron chi connectivity index (χ4n) is 2.90. The van der Waals surface area contributed by atoms with Crippen molar-refractivity contribution in [1.82, 2.24) is 14.3 Å². The van der Waals surface area contributed by atoms with Crippen LogP contribution in [0.2, 0.25) is 0 Å². The number of aliphatic hydroxyl groups excluding tert-OH is 1. The van der Waals surface area contributed by atoms with Crippen LogP contribution in [-0.4, -0.2) is 47.5 Å². The summed E-state index contributed by atoms with van der Waals surface area (Å²) >= 11 is 0. The van der Waals surface area contributed by atoms with Crippen LogP contribution in [-0.2, 0) is 26.3 Å². The van der Waals surface area contributed by atoms with E-state index in [0.29, 0.717) is 15.6 Å². The van der Waals surface area contributed by atoms with Gasteiger partial charge in [-0.1, -0.05) is 18.2 Å². The molecule has 154 valence electrons. The lowest BCUT2D eigenvalue weighted by Crippen LogP contribution is -2.60. The Balaban J connectivity index is 1.99. The molecule has 0 radical (unpaired) electrons. The molecule has 0 spiro atoms. The van der Waals surface area contributed by atoms with Gasteiger partial charge in [-0.3, -0.25) is 9.59 Å². The first-order valence-electron chi connectivity index (χ1n) is 8.69. The Labute approximate surface area is 167 Å². The van der Waals surface area contributed by atoms with Gasteiger partial charge in [-0.25, -0.2) is 9.71 Å². The number of benzene rings is 1. The van der Waals surface area contributed by atoms with Crippen LogP contribution in [0, 0.1) is 20.8 Å². The number of anilines is 1. The van der Waals surface area contributed by atoms with Crippen LogP contribution in [0.15, 0.2) is 34.5 Å². The van der Waals surface area contributed by atoms with E-state index >= 15 is 0 Å². The van der Waals surface area contributed by atoms with Crippen molar-refractivity contribution < 1.29 is 23.1 Å². The summed E-state index contributed by atoms with van der Waals surface area (Å²) in [5, 5.41) is 16.9. The molecule has 29 heavy (non-hydrogen) atoms. The molecule has 2 amide bonds. The number of imidazole rings is 1. The maximum Gasteiger partial charge on any atom is 0.332 e. The minimum Gasteiger partial charge on any atom is -0.395 e. The fraction of sp³-hybridized carbons (Fsp3) is 0.353. The molecule has 0 aliphatic carbocycles. The highest BCUT2D eigenvalue weighted by atomic mass is 32.2. The van der Waals surface area contributed by atoms with E-state index < -0.39 is 28.1 Å². The van der Waals surface area contributed by atoms with E-state index in [1.807, 2.05) is 4.72 Å². The minimum atomic E-state index is -4.40. The molecule has 1 unspecified atom stereocenters. The summed E-state index contributed by atoms with van der Waals surface area (Å²) in [7, 11) is -4.40. The number of hydrogen-bond acceptors (Lipinski definition) is 8. The van der Waals surface area contributed by atoms with Crippen LogP contribution in [0.3, 0.4) is 0 Å². The highest BCUT2D eigenvalue weighted by Crippen LogP contribution is 2.26. The summed E-state index contributed by atoms with van der Waals surface area (Å²) in [6.45, 7) is 5.20. The Kier molecular flexibility index (Phi) is 5.48. The van der Waals surface area contributed by atoms with Crippen molar-refractivity contribution in [2.75, 3.05) is 10.9 Å². The van der Waals surface area contributed by atoms with Gasteiger partial charge in [-0.15, -0.1) is 5.11 Å². The fourth-order valence-corrected chi connectivity index (χ4v) is 4.16. The second-order valence-electron chi connectivity index (χ2n) is 6.44. The van der Waals surface area contributed by atoms with Crippen LogP contribution in [0.4, 0.5) is 11.6 Å². The SMILES string of the molecule is Cc1ccccc1N1C(=O)C(N=Nc2nc(C)c(C)n2CCO)C(=O)NS1(=O)=O. The van der Waals surface area contributed by atoms with Gasteiger partial charge in [0.25, 0.3) is 11.8 Å². The van der Waals surface area contributed by atoms with Gasteiger partial charge >= 0.3 is 10.2 Å². The first-order chi connectivity index (χ1) is 13.7. The summed E-state index contributed by atoms with van der Waals surface area (Å²) in [5.74, 6) is -2.04. The van der Waals surface area contributed by atoms with Gasteiger partial charge in [-0.05, 0) is 32.4 Å². The maximum absolute atomic E-state index is 12.9. The quantitative estimate of drug-likeness (QED) is 0.537. The van der Waals surface area contributed by atoms with E-state index in [9.17, 15) is 23.1 Å². The van der Waals surface area contributed by atoms with E-state index in [-0.39, 0.29) is 24.8 Å². The molecule has 1 saturated heterocycles. The molecule has 1 atom stereocenters. The van der Waals surface area contributed by atoms with Crippen LogP contribution in [0.5, 0.6) is 0 Å². The van der Waals surface area contributed by atoms with Gasteiger partial charge in [0, 0.05) is 12.2 Å². The van der Waals surface area contributed by atoms with Crippen molar-refractivity contribution in [3.63, 3.8) is 0 Å². The monoisotopic (exact) mass is 420 g/mol. The highest BCUT2D eigenvalue weighted by Gasteiger charge is 2.46. The van der Waals surface area contributed by atoms with Gasteiger partial charge in [0.15, 0.2) is 0 Å². The third kappa shape index (κ3) is 3.76. The Hall–Kier alpha value is -3.12. The predicted octanol–water partition coefficient (Wildman–Crippen LogP) is 0.661. The average Bonchev–Trinajstić information content (AvgIpc) is 2.90. The standard InChI is InChI=1S/C17H20N6O5S/c1-10-6-4-5-7-13(10)23-16(26)14(15(25)21-29(23,27)28)19-20-17-18-11(2)12(3)22(17)8-9-24/h4-7,14,24H,8-9H2,1-3H3,(H,21,25). The average molecular weight is 420 g/mol. The lowest BCUT2D eigenvalue weighted by molar-refractivity contribution is -0.129. The molecule has 0 saturated carbocycles. The highest BCUT2D eigenvalue weighted by molar-refractivity contribution is 7.92. The predicted molar refractivity (Wildman–Crippen MR) is 103 cm³/mol. The lowest BCUT2D eigenvalue weighted by atomic mass is 10.2. The number of aromatic nitrogens is 2. The van der Waals surface area contributed by atoms with Crippen LogP contribution in [0.1, 0.15) is 17.0 Å².